The molecule has 0 saturated carbocycles. The third kappa shape index (κ3) is 3.88. The molecule has 154 valence electrons. The first-order chi connectivity index (χ1) is 14.4. The summed E-state index contributed by atoms with van der Waals surface area (Å²) in [6, 6.07) is 12.7. The predicted molar refractivity (Wildman–Crippen MR) is 113 cm³/mol. The highest BCUT2D eigenvalue weighted by molar-refractivity contribution is 7.17. The Bertz CT molecular complexity index is 1090. The van der Waals surface area contributed by atoms with Gasteiger partial charge in [0.1, 0.15) is 21.4 Å². The third-order valence-corrected chi connectivity index (χ3v) is 6.26. The molecule has 1 aromatic heterocycles. The van der Waals surface area contributed by atoms with E-state index in [9.17, 15) is 19.3 Å². The molecular weight excluding hydrogens is 407 g/mol. The summed E-state index contributed by atoms with van der Waals surface area (Å²) in [6.07, 6.45) is 0. The van der Waals surface area contributed by atoms with Gasteiger partial charge >= 0.3 is 0 Å². The molecule has 0 atom stereocenters. The normalized spacial score (nSPS) is 14.1. The third-order valence-electron chi connectivity index (χ3n) is 5.07. The number of hydrogen-bond donors (Lipinski definition) is 0. The van der Waals surface area contributed by atoms with Gasteiger partial charge in [-0.1, -0.05) is 12.1 Å². The van der Waals surface area contributed by atoms with Crippen molar-refractivity contribution in [2.45, 2.75) is 6.92 Å². The van der Waals surface area contributed by atoms with E-state index in [1.165, 1.54) is 29.5 Å². The van der Waals surface area contributed by atoms with Crippen LogP contribution in [0.15, 0.2) is 48.5 Å². The number of nitrogens with zero attached hydrogens (tertiary/aromatic N) is 4. The van der Waals surface area contributed by atoms with Gasteiger partial charge in [0.15, 0.2) is 0 Å². The first-order valence-corrected chi connectivity index (χ1v) is 10.3. The minimum Gasteiger partial charge on any atom is -0.362 e. The summed E-state index contributed by atoms with van der Waals surface area (Å²) in [6.45, 7) is 3.75. The number of benzene rings is 2. The molecule has 1 fully saturated rings. The van der Waals surface area contributed by atoms with E-state index in [1.807, 2.05) is 4.90 Å². The summed E-state index contributed by atoms with van der Waals surface area (Å²) in [5, 5.41) is 12.0. The van der Waals surface area contributed by atoms with Crippen molar-refractivity contribution in [2.24, 2.45) is 0 Å². The number of carbonyl (C=O) groups is 1. The van der Waals surface area contributed by atoms with Gasteiger partial charge in [0.2, 0.25) is 0 Å². The summed E-state index contributed by atoms with van der Waals surface area (Å²) >= 11 is 1.30. The Balaban J connectivity index is 1.48. The largest absolute Gasteiger partial charge is 0.362 e. The molecule has 7 nitrogen and oxygen atoms in total. The van der Waals surface area contributed by atoms with E-state index in [-0.39, 0.29) is 22.3 Å². The standard InChI is InChI=1S/C21H19FN4O3S/c1-14-19(30-20(23-14)15-6-8-16(22)9-7-15)21(27)25-12-10-24(11-13-25)17-4-2-3-5-18(17)26(28)29/h2-9H,10-13H2,1H3. The van der Waals surface area contributed by atoms with Gasteiger partial charge in [-0.25, -0.2) is 9.37 Å². The maximum atomic E-state index is 13.2. The van der Waals surface area contributed by atoms with Gasteiger partial charge < -0.3 is 9.80 Å². The van der Waals surface area contributed by atoms with Crippen molar-refractivity contribution < 1.29 is 14.1 Å². The highest BCUT2D eigenvalue weighted by Crippen LogP contribution is 2.31. The lowest BCUT2D eigenvalue weighted by Gasteiger charge is -2.35. The van der Waals surface area contributed by atoms with Gasteiger partial charge in [-0.05, 0) is 37.3 Å². The number of thiazole rings is 1. The highest BCUT2D eigenvalue weighted by atomic mass is 32.1. The second kappa shape index (κ2) is 8.19. The van der Waals surface area contributed by atoms with Crippen LogP contribution in [0.25, 0.3) is 10.6 Å². The van der Waals surface area contributed by atoms with Crippen LogP contribution in [0.2, 0.25) is 0 Å². The number of aromatic nitrogens is 1. The van der Waals surface area contributed by atoms with Gasteiger partial charge in [0, 0.05) is 37.8 Å². The summed E-state index contributed by atoms with van der Waals surface area (Å²) in [7, 11) is 0. The molecule has 3 aromatic rings. The molecule has 30 heavy (non-hydrogen) atoms. The number of aryl methyl sites for hydroxylation is 1. The van der Waals surface area contributed by atoms with E-state index >= 15 is 0 Å². The number of hydrogen-bond acceptors (Lipinski definition) is 6. The number of para-hydroxylation sites is 2. The number of halogens is 1. The first kappa shape index (κ1) is 20.0. The Kier molecular flexibility index (Phi) is 5.45. The Hall–Kier alpha value is -3.33. The number of amides is 1. The number of anilines is 1. The Morgan fingerprint density at radius 2 is 1.77 bits per heavy atom. The molecule has 1 amide bonds. The lowest BCUT2D eigenvalue weighted by molar-refractivity contribution is -0.384. The lowest BCUT2D eigenvalue weighted by Crippen LogP contribution is -2.48. The van der Waals surface area contributed by atoms with Gasteiger partial charge in [-0.3, -0.25) is 14.9 Å². The van der Waals surface area contributed by atoms with Crippen LogP contribution in [0.4, 0.5) is 15.8 Å². The molecule has 0 radical (unpaired) electrons. The fraction of sp³-hybridized carbons (Fsp3) is 0.238. The molecule has 9 heteroatoms. The molecule has 1 aliphatic rings. The van der Waals surface area contributed by atoms with Gasteiger partial charge in [-0.2, -0.15) is 0 Å². The molecule has 0 spiro atoms. The van der Waals surface area contributed by atoms with Crippen LogP contribution >= 0.6 is 11.3 Å². The molecule has 0 aliphatic carbocycles. The number of nitro groups is 1. The second-order valence-corrected chi connectivity index (χ2v) is 7.96. The van der Waals surface area contributed by atoms with E-state index in [2.05, 4.69) is 4.98 Å². The lowest BCUT2D eigenvalue weighted by atomic mass is 10.2. The van der Waals surface area contributed by atoms with Crippen molar-refractivity contribution in [3.8, 4) is 10.6 Å². The second-order valence-electron chi connectivity index (χ2n) is 6.97. The zero-order valence-corrected chi connectivity index (χ0v) is 17.1. The van der Waals surface area contributed by atoms with E-state index < -0.39 is 0 Å². The van der Waals surface area contributed by atoms with Crippen molar-refractivity contribution >= 4 is 28.6 Å². The van der Waals surface area contributed by atoms with Crippen molar-refractivity contribution in [3.63, 3.8) is 0 Å². The van der Waals surface area contributed by atoms with Crippen LogP contribution in [0.3, 0.4) is 0 Å². The van der Waals surface area contributed by atoms with Crippen molar-refractivity contribution in [1.82, 2.24) is 9.88 Å². The van der Waals surface area contributed by atoms with E-state index in [0.29, 0.717) is 47.4 Å². The van der Waals surface area contributed by atoms with Crippen LogP contribution in [0.5, 0.6) is 0 Å². The van der Waals surface area contributed by atoms with Crippen LogP contribution in [-0.4, -0.2) is 46.9 Å². The van der Waals surface area contributed by atoms with Crippen LogP contribution in [0, 0.1) is 22.9 Å². The predicted octanol–water partition coefficient (Wildman–Crippen LogP) is 4.13. The zero-order valence-electron chi connectivity index (χ0n) is 16.2. The fourth-order valence-corrected chi connectivity index (χ4v) is 4.53. The molecular formula is C21H19FN4O3S. The van der Waals surface area contributed by atoms with Crippen LogP contribution in [0.1, 0.15) is 15.4 Å². The summed E-state index contributed by atoms with van der Waals surface area (Å²) in [5.74, 6) is -0.416. The smallest absolute Gasteiger partial charge is 0.292 e. The SMILES string of the molecule is Cc1nc(-c2ccc(F)cc2)sc1C(=O)N1CCN(c2ccccc2[N+](=O)[O-])CC1. The van der Waals surface area contributed by atoms with E-state index in [1.54, 1.807) is 42.2 Å². The molecule has 2 aromatic carbocycles. The molecule has 1 aliphatic heterocycles. The molecule has 2 heterocycles. The quantitative estimate of drug-likeness (QED) is 0.463. The number of carbonyl (C=O) groups excluding carboxylic acids is 1. The van der Waals surface area contributed by atoms with Crippen molar-refractivity contribution in [3.05, 3.63) is 75.0 Å². The number of nitro benzene ring substituents is 1. The fourth-order valence-electron chi connectivity index (χ4n) is 3.49. The van der Waals surface area contributed by atoms with Gasteiger partial charge in [0.25, 0.3) is 11.6 Å². The van der Waals surface area contributed by atoms with E-state index in [0.717, 1.165) is 5.56 Å². The molecule has 0 unspecified atom stereocenters. The average molecular weight is 426 g/mol. The average Bonchev–Trinajstić information content (AvgIpc) is 3.15. The minimum atomic E-state index is -0.384. The first-order valence-electron chi connectivity index (χ1n) is 9.45. The molecule has 1 saturated heterocycles. The molecule has 0 bridgehead atoms. The zero-order chi connectivity index (χ0) is 21.3. The summed E-state index contributed by atoms with van der Waals surface area (Å²) in [5.41, 5.74) is 2.05. The molecule has 4 rings (SSSR count). The van der Waals surface area contributed by atoms with Gasteiger partial charge in [-0.15, -0.1) is 11.3 Å². The maximum absolute atomic E-state index is 13.2. The maximum Gasteiger partial charge on any atom is 0.292 e. The van der Waals surface area contributed by atoms with E-state index in [4.69, 9.17) is 0 Å². The Morgan fingerprint density at radius 1 is 1.10 bits per heavy atom. The number of rotatable bonds is 4. The number of piperazine rings is 1. The summed E-state index contributed by atoms with van der Waals surface area (Å²) in [4.78, 5) is 32.7. The summed E-state index contributed by atoms with van der Waals surface area (Å²) < 4.78 is 13.2. The molecule has 0 N–H and O–H groups in total. The highest BCUT2D eigenvalue weighted by Gasteiger charge is 2.28. The minimum absolute atomic E-state index is 0.0690. The topological polar surface area (TPSA) is 79.6 Å². The van der Waals surface area contributed by atoms with Crippen LogP contribution < -0.4 is 4.90 Å². The van der Waals surface area contributed by atoms with Crippen molar-refractivity contribution in [2.75, 3.05) is 31.1 Å². The Morgan fingerprint density at radius 3 is 2.43 bits per heavy atom. The monoisotopic (exact) mass is 426 g/mol. The Labute approximate surface area is 176 Å². The van der Waals surface area contributed by atoms with Crippen molar-refractivity contribution in [1.29, 1.82) is 0 Å². The van der Waals surface area contributed by atoms with Gasteiger partial charge in [0.05, 0.1) is 10.6 Å². The van der Waals surface area contributed by atoms with Crippen LogP contribution in [-0.2, 0) is 0 Å².